The molecule has 1 fully saturated rings. The summed E-state index contributed by atoms with van der Waals surface area (Å²) in [5.41, 5.74) is -0.722. The molecule has 1 aliphatic heterocycles. The van der Waals surface area contributed by atoms with Crippen LogP contribution in [-0.2, 0) is 17.1 Å². The molecular weight excluding hydrogens is 660 g/mol. The number of halogens is 5. The van der Waals surface area contributed by atoms with Crippen LogP contribution in [-0.4, -0.2) is 48.5 Å². The number of alkyl halides is 3. The van der Waals surface area contributed by atoms with Crippen molar-refractivity contribution in [3.8, 4) is 0 Å². The standard InChI is InChI=1S/C33H35Cl2F3N4O3S/c1-3-4-15-39-29-19-23(31(21-5-9-24(34)10-6-21)22-7-11-25(35)12-8-22)18-27-28(20-30(43)41(2)32(27)29)40-26-13-16-42(17-14-26)46(44,45)33(36,37)38/h5-12,18-20,26,31,39-40H,3-4,13-17H2,1-2H3. The van der Waals surface area contributed by atoms with Gasteiger partial charge in [-0.2, -0.15) is 17.5 Å². The molecule has 0 spiro atoms. The van der Waals surface area contributed by atoms with Crippen molar-refractivity contribution in [2.45, 2.75) is 50.1 Å². The number of pyridine rings is 1. The summed E-state index contributed by atoms with van der Waals surface area (Å²) in [5.74, 6) is -0.230. The molecule has 2 N–H and O–H groups in total. The molecule has 0 radical (unpaired) electrons. The van der Waals surface area contributed by atoms with E-state index in [9.17, 15) is 26.4 Å². The summed E-state index contributed by atoms with van der Waals surface area (Å²) in [4.78, 5) is 13.3. The second-order valence-electron chi connectivity index (χ2n) is 11.5. The first-order valence-electron chi connectivity index (χ1n) is 15.1. The summed E-state index contributed by atoms with van der Waals surface area (Å²) in [7, 11) is -3.70. The number of rotatable bonds is 10. The largest absolute Gasteiger partial charge is 0.511 e. The zero-order valence-corrected chi connectivity index (χ0v) is 27.7. The Morgan fingerprint density at radius 2 is 1.46 bits per heavy atom. The van der Waals surface area contributed by atoms with Gasteiger partial charge < -0.3 is 15.2 Å². The summed E-state index contributed by atoms with van der Waals surface area (Å²) in [6.45, 7) is 2.20. The molecule has 0 atom stereocenters. The van der Waals surface area contributed by atoms with E-state index >= 15 is 0 Å². The summed E-state index contributed by atoms with van der Waals surface area (Å²) in [6, 6.07) is 20.4. The molecule has 0 amide bonds. The topological polar surface area (TPSA) is 83.4 Å². The van der Waals surface area contributed by atoms with Crippen LogP contribution in [0.2, 0.25) is 10.0 Å². The lowest BCUT2D eigenvalue weighted by atomic mass is 9.84. The fourth-order valence-electron chi connectivity index (χ4n) is 5.95. The van der Waals surface area contributed by atoms with Crippen molar-refractivity contribution in [3.63, 3.8) is 0 Å². The molecule has 1 saturated heterocycles. The molecule has 0 unspecified atom stereocenters. The SMILES string of the molecule is CCCCNc1cc(C(c2ccc(Cl)cc2)c2ccc(Cl)cc2)cc2c(NC3CCN(S(=O)(=O)C(F)(F)F)CC3)cc(=O)n(C)c12. The first-order valence-corrected chi connectivity index (χ1v) is 17.2. The zero-order valence-electron chi connectivity index (χ0n) is 25.4. The maximum absolute atomic E-state index is 13.3. The Balaban J connectivity index is 1.62. The van der Waals surface area contributed by atoms with Crippen LogP contribution >= 0.6 is 23.2 Å². The van der Waals surface area contributed by atoms with E-state index in [1.54, 1.807) is 11.6 Å². The Labute approximate surface area is 276 Å². The molecule has 2 heterocycles. The number of hydrogen-bond donors (Lipinski definition) is 2. The second kappa shape index (κ2) is 13.9. The number of piperidine rings is 1. The predicted octanol–water partition coefficient (Wildman–Crippen LogP) is 7.96. The van der Waals surface area contributed by atoms with Gasteiger partial charge in [-0.3, -0.25) is 4.79 Å². The van der Waals surface area contributed by atoms with Crippen molar-refractivity contribution in [2.24, 2.45) is 7.05 Å². The molecule has 5 rings (SSSR count). The lowest BCUT2D eigenvalue weighted by Crippen LogP contribution is -2.47. The fourth-order valence-corrected chi connectivity index (χ4v) is 7.18. The van der Waals surface area contributed by atoms with E-state index in [-0.39, 0.29) is 43.5 Å². The molecule has 1 aromatic heterocycles. The maximum Gasteiger partial charge on any atom is 0.511 e. The number of sulfonamides is 1. The van der Waals surface area contributed by atoms with Crippen LogP contribution in [0, 0.1) is 0 Å². The monoisotopic (exact) mass is 694 g/mol. The van der Waals surface area contributed by atoms with Gasteiger partial charge in [-0.15, -0.1) is 0 Å². The maximum atomic E-state index is 13.3. The van der Waals surface area contributed by atoms with Crippen LogP contribution in [0.5, 0.6) is 0 Å². The summed E-state index contributed by atoms with van der Waals surface area (Å²) >= 11 is 12.5. The molecule has 7 nitrogen and oxygen atoms in total. The van der Waals surface area contributed by atoms with Crippen LogP contribution < -0.4 is 16.2 Å². The number of aromatic nitrogens is 1. The third-order valence-corrected chi connectivity index (χ3v) is 10.5. The van der Waals surface area contributed by atoms with Crippen molar-refractivity contribution in [1.29, 1.82) is 0 Å². The van der Waals surface area contributed by atoms with E-state index in [1.165, 1.54) is 6.07 Å². The number of unbranched alkanes of at least 4 members (excludes halogenated alkanes) is 1. The van der Waals surface area contributed by atoms with Gasteiger partial charge in [-0.05, 0) is 72.4 Å². The Morgan fingerprint density at radius 3 is 1.98 bits per heavy atom. The molecule has 0 aliphatic carbocycles. The number of fused-ring (bicyclic) bond motifs is 1. The first kappa shape index (κ1) is 34.1. The zero-order chi connectivity index (χ0) is 33.2. The van der Waals surface area contributed by atoms with E-state index in [0.29, 0.717) is 32.1 Å². The normalized spacial score (nSPS) is 15.0. The minimum absolute atomic E-state index is 0.144. The minimum atomic E-state index is -5.41. The third kappa shape index (κ3) is 7.17. The second-order valence-corrected chi connectivity index (χ2v) is 14.3. The predicted molar refractivity (Wildman–Crippen MR) is 180 cm³/mol. The Hall–Kier alpha value is -3.25. The van der Waals surface area contributed by atoms with Gasteiger partial charge in [0.05, 0.1) is 11.2 Å². The molecule has 1 aliphatic rings. The van der Waals surface area contributed by atoms with Gasteiger partial charge in [0.25, 0.3) is 5.56 Å². The quantitative estimate of drug-likeness (QED) is 0.130. The van der Waals surface area contributed by atoms with Gasteiger partial charge in [0.2, 0.25) is 0 Å². The number of nitrogens with one attached hydrogen (secondary N) is 2. The first-order chi connectivity index (χ1) is 21.8. The Bertz CT molecular complexity index is 1810. The number of hydrogen-bond acceptors (Lipinski definition) is 5. The average Bonchev–Trinajstić information content (AvgIpc) is 3.01. The van der Waals surface area contributed by atoms with E-state index in [0.717, 1.165) is 40.6 Å². The van der Waals surface area contributed by atoms with Gasteiger partial charge in [0.15, 0.2) is 0 Å². The molecule has 0 saturated carbocycles. The number of benzene rings is 3. The van der Waals surface area contributed by atoms with Crippen molar-refractivity contribution in [3.05, 3.63) is 104 Å². The van der Waals surface area contributed by atoms with Crippen LogP contribution in [0.4, 0.5) is 24.5 Å². The number of aryl methyl sites for hydroxylation is 1. The number of nitrogens with zero attached hydrogens (tertiary/aromatic N) is 2. The van der Waals surface area contributed by atoms with E-state index in [1.807, 2.05) is 54.6 Å². The molecule has 4 aromatic rings. The van der Waals surface area contributed by atoms with Crippen molar-refractivity contribution in [1.82, 2.24) is 8.87 Å². The highest BCUT2D eigenvalue weighted by molar-refractivity contribution is 7.90. The summed E-state index contributed by atoms with van der Waals surface area (Å²) < 4.78 is 65.4. The van der Waals surface area contributed by atoms with Gasteiger partial charge in [0.1, 0.15) is 0 Å². The highest BCUT2D eigenvalue weighted by atomic mass is 35.5. The van der Waals surface area contributed by atoms with Gasteiger partial charge in [-0.25, -0.2) is 8.42 Å². The minimum Gasteiger partial charge on any atom is -0.383 e. The Morgan fingerprint density at radius 1 is 0.891 bits per heavy atom. The fraction of sp³-hybridized carbons (Fsp3) is 0.364. The molecule has 246 valence electrons. The molecule has 3 aromatic carbocycles. The molecule has 46 heavy (non-hydrogen) atoms. The Kier molecular flexibility index (Phi) is 10.3. The van der Waals surface area contributed by atoms with Crippen LogP contribution in [0.25, 0.3) is 10.9 Å². The van der Waals surface area contributed by atoms with E-state index in [4.69, 9.17) is 23.2 Å². The van der Waals surface area contributed by atoms with Crippen LogP contribution in [0.1, 0.15) is 55.2 Å². The van der Waals surface area contributed by atoms with Crippen molar-refractivity contribution >= 4 is 55.5 Å². The van der Waals surface area contributed by atoms with Crippen molar-refractivity contribution < 1.29 is 21.6 Å². The smallest absolute Gasteiger partial charge is 0.383 e. The highest BCUT2D eigenvalue weighted by Crippen LogP contribution is 2.39. The average molecular weight is 696 g/mol. The van der Waals surface area contributed by atoms with E-state index in [2.05, 4.69) is 23.6 Å². The van der Waals surface area contributed by atoms with Crippen molar-refractivity contribution in [2.75, 3.05) is 30.3 Å². The van der Waals surface area contributed by atoms with Gasteiger partial charge in [0, 0.05) is 65.8 Å². The summed E-state index contributed by atoms with van der Waals surface area (Å²) in [5, 5.41) is 8.87. The van der Waals surface area contributed by atoms with Gasteiger partial charge in [-0.1, -0.05) is 60.8 Å². The third-order valence-electron chi connectivity index (χ3n) is 8.39. The molecule has 13 heteroatoms. The molecule has 0 bridgehead atoms. The van der Waals surface area contributed by atoms with Crippen LogP contribution in [0.15, 0.2) is 71.5 Å². The van der Waals surface area contributed by atoms with Gasteiger partial charge >= 0.3 is 15.5 Å². The lowest BCUT2D eigenvalue weighted by molar-refractivity contribution is -0.0494. The highest BCUT2D eigenvalue weighted by Gasteiger charge is 2.50. The van der Waals surface area contributed by atoms with E-state index < -0.39 is 15.5 Å². The lowest BCUT2D eigenvalue weighted by Gasteiger charge is -2.32. The summed E-state index contributed by atoms with van der Waals surface area (Å²) in [6.07, 6.45) is 2.17. The molecular formula is C33H35Cl2F3N4O3S. The van der Waals surface area contributed by atoms with Crippen LogP contribution in [0.3, 0.4) is 0 Å². The number of anilines is 2.